The normalized spacial score (nSPS) is 16.8. The topological polar surface area (TPSA) is 27.0 Å². The summed E-state index contributed by atoms with van der Waals surface area (Å²) in [6.07, 6.45) is 6.48. The molecule has 1 fully saturated rings. The van der Waals surface area contributed by atoms with Crippen molar-refractivity contribution in [2.75, 3.05) is 18.0 Å². The zero-order valence-electron chi connectivity index (χ0n) is 10.7. The maximum atomic E-state index is 9.30. The number of alkyl halides is 1. The highest BCUT2D eigenvalue weighted by Crippen LogP contribution is 2.25. The monoisotopic (exact) mass is 306 g/mol. The number of halogens is 1. The molecule has 0 spiro atoms. The molecule has 0 amide bonds. The number of anilines is 1. The Balaban J connectivity index is 2.22. The molecule has 0 unspecified atom stereocenters. The first-order chi connectivity index (χ1) is 8.85. The molecule has 0 aliphatic carbocycles. The van der Waals surface area contributed by atoms with Crippen LogP contribution in [-0.2, 0) is 5.33 Å². The Kier molecular flexibility index (Phi) is 5.07. The molecule has 1 saturated heterocycles. The molecule has 0 bridgehead atoms. The van der Waals surface area contributed by atoms with E-state index in [1.54, 1.807) is 0 Å². The van der Waals surface area contributed by atoms with Crippen molar-refractivity contribution in [3.63, 3.8) is 0 Å². The molecule has 0 radical (unpaired) electrons. The summed E-state index contributed by atoms with van der Waals surface area (Å²) in [5.41, 5.74) is 3.10. The highest BCUT2D eigenvalue weighted by molar-refractivity contribution is 9.08. The Morgan fingerprint density at radius 2 is 1.78 bits per heavy atom. The molecule has 2 rings (SSSR count). The van der Waals surface area contributed by atoms with Crippen LogP contribution < -0.4 is 4.90 Å². The summed E-state index contributed by atoms with van der Waals surface area (Å²) in [7, 11) is 0. The van der Waals surface area contributed by atoms with Crippen LogP contribution in [0.3, 0.4) is 0 Å². The third-order valence-corrected chi connectivity index (χ3v) is 4.18. The van der Waals surface area contributed by atoms with E-state index in [1.165, 1.54) is 37.7 Å². The minimum Gasteiger partial charge on any atom is -0.370 e. The van der Waals surface area contributed by atoms with Crippen LogP contribution in [-0.4, -0.2) is 13.1 Å². The number of nitrogens with zero attached hydrogens (tertiary/aromatic N) is 2. The van der Waals surface area contributed by atoms with Crippen LogP contribution in [0.25, 0.3) is 0 Å². The van der Waals surface area contributed by atoms with Gasteiger partial charge in [0.05, 0.1) is 11.3 Å². The zero-order valence-corrected chi connectivity index (χ0v) is 12.2. The minimum absolute atomic E-state index is 0.808. The summed E-state index contributed by atoms with van der Waals surface area (Å²) in [6, 6.07) is 8.57. The minimum atomic E-state index is 0.808. The molecule has 3 heteroatoms. The van der Waals surface area contributed by atoms with E-state index in [4.69, 9.17) is 0 Å². The predicted octanol–water partition coefficient (Wildman–Crippen LogP) is 4.22. The van der Waals surface area contributed by atoms with Gasteiger partial charge in [0, 0.05) is 18.4 Å². The molecular weight excluding hydrogens is 288 g/mol. The van der Waals surface area contributed by atoms with Gasteiger partial charge in [0.2, 0.25) is 0 Å². The highest BCUT2D eigenvalue weighted by Gasteiger charge is 2.13. The number of nitriles is 1. The van der Waals surface area contributed by atoms with Crippen LogP contribution in [0.1, 0.15) is 43.2 Å². The average molecular weight is 307 g/mol. The van der Waals surface area contributed by atoms with Crippen LogP contribution in [0.2, 0.25) is 0 Å². The molecular formula is C15H19BrN2. The van der Waals surface area contributed by atoms with Crippen LogP contribution in [0, 0.1) is 11.3 Å². The molecule has 18 heavy (non-hydrogen) atoms. The Hall–Kier alpha value is -1.01. The zero-order chi connectivity index (χ0) is 12.8. The fourth-order valence-corrected chi connectivity index (χ4v) is 2.87. The summed E-state index contributed by atoms with van der Waals surface area (Å²) < 4.78 is 0. The summed E-state index contributed by atoms with van der Waals surface area (Å²) in [5.74, 6) is 0. The largest absolute Gasteiger partial charge is 0.370 e. The van der Waals surface area contributed by atoms with Crippen molar-refractivity contribution in [1.29, 1.82) is 5.26 Å². The van der Waals surface area contributed by atoms with E-state index in [-0.39, 0.29) is 0 Å². The summed E-state index contributed by atoms with van der Waals surface area (Å²) in [6.45, 7) is 2.17. The fraction of sp³-hybridized carbons (Fsp3) is 0.533. The molecule has 0 aromatic heterocycles. The number of hydrogen-bond donors (Lipinski definition) is 0. The lowest BCUT2D eigenvalue weighted by Gasteiger charge is -2.27. The Morgan fingerprint density at radius 3 is 2.39 bits per heavy atom. The van der Waals surface area contributed by atoms with Crippen molar-refractivity contribution in [3.05, 3.63) is 29.3 Å². The first kappa shape index (κ1) is 13.4. The van der Waals surface area contributed by atoms with E-state index in [1.807, 2.05) is 6.07 Å². The van der Waals surface area contributed by atoms with Gasteiger partial charge >= 0.3 is 0 Å². The quantitative estimate of drug-likeness (QED) is 0.765. The van der Waals surface area contributed by atoms with Crippen LogP contribution in [0.15, 0.2) is 18.2 Å². The third kappa shape index (κ3) is 3.26. The van der Waals surface area contributed by atoms with E-state index in [2.05, 4.69) is 39.0 Å². The molecule has 1 heterocycles. The first-order valence-electron chi connectivity index (χ1n) is 6.69. The standard InChI is InChI=1S/C15H19BrN2/c16-11-13-6-7-15(14(10-13)12-17)18-8-4-2-1-3-5-9-18/h6-7,10H,1-5,8-9,11H2. The highest BCUT2D eigenvalue weighted by atomic mass is 79.9. The smallest absolute Gasteiger partial charge is 0.101 e. The van der Waals surface area contributed by atoms with E-state index in [0.29, 0.717) is 0 Å². The fourth-order valence-electron chi connectivity index (χ4n) is 2.52. The number of benzene rings is 1. The second-order valence-electron chi connectivity index (χ2n) is 4.85. The molecule has 0 atom stereocenters. The molecule has 2 nitrogen and oxygen atoms in total. The van der Waals surface area contributed by atoms with Gasteiger partial charge in [0.25, 0.3) is 0 Å². The second-order valence-corrected chi connectivity index (χ2v) is 5.41. The molecule has 1 aliphatic heterocycles. The SMILES string of the molecule is N#Cc1cc(CBr)ccc1N1CCCCCCC1. The predicted molar refractivity (Wildman–Crippen MR) is 79.1 cm³/mol. The van der Waals surface area contributed by atoms with Gasteiger partial charge in [-0.25, -0.2) is 0 Å². The van der Waals surface area contributed by atoms with E-state index >= 15 is 0 Å². The van der Waals surface area contributed by atoms with Gasteiger partial charge in [-0.05, 0) is 30.5 Å². The van der Waals surface area contributed by atoms with Crippen molar-refractivity contribution in [1.82, 2.24) is 0 Å². The summed E-state index contributed by atoms with van der Waals surface area (Å²) >= 11 is 3.44. The van der Waals surface area contributed by atoms with Crippen LogP contribution in [0.4, 0.5) is 5.69 Å². The lowest BCUT2D eigenvalue weighted by Crippen LogP contribution is -2.27. The lowest BCUT2D eigenvalue weighted by atomic mass is 10.1. The third-order valence-electron chi connectivity index (χ3n) is 3.53. The van der Waals surface area contributed by atoms with Crippen molar-refractivity contribution in [3.8, 4) is 6.07 Å². The van der Waals surface area contributed by atoms with Crippen LogP contribution in [0.5, 0.6) is 0 Å². The van der Waals surface area contributed by atoms with E-state index < -0.39 is 0 Å². The Bertz CT molecular complexity index is 429. The molecule has 1 aliphatic rings. The van der Waals surface area contributed by atoms with E-state index in [9.17, 15) is 5.26 Å². The summed E-state index contributed by atoms with van der Waals surface area (Å²) in [5, 5.41) is 10.1. The maximum Gasteiger partial charge on any atom is 0.101 e. The van der Waals surface area contributed by atoms with Gasteiger partial charge < -0.3 is 4.90 Å². The van der Waals surface area contributed by atoms with Gasteiger partial charge in [0.15, 0.2) is 0 Å². The average Bonchev–Trinajstić information content (AvgIpc) is 2.38. The van der Waals surface area contributed by atoms with Crippen LogP contribution >= 0.6 is 15.9 Å². The van der Waals surface area contributed by atoms with Gasteiger partial charge in [0.1, 0.15) is 6.07 Å². The van der Waals surface area contributed by atoms with Gasteiger partial charge in [-0.2, -0.15) is 5.26 Å². The van der Waals surface area contributed by atoms with Gasteiger partial charge in [-0.1, -0.05) is 41.3 Å². The molecule has 96 valence electrons. The van der Waals surface area contributed by atoms with E-state index in [0.717, 1.165) is 29.7 Å². The molecule has 1 aromatic rings. The van der Waals surface area contributed by atoms with Crippen molar-refractivity contribution < 1.29 is 0 Å². The van der Waals surface area contributed by atoms with Crippen molar-refractivity contribution in [2.24, 2.45) is 0 Å². The molecule has 0 N–H and O–H groups in total. The number of rotatable bonds is 2. The van der Waals surface area contributed by atoms with Crippen molar-refractivity contribution >= 4 is 21.6 Å². The Morgan fingerprint density at radius 1 is 1.11 bits per heavy atom. The van der Waals surface area contributed by atoms with Crippen molar-refractivity contribution in [2.45, 2.75) is 37.4 Å². The number of hydrogen-bond acceptors (Lipinski definition) is 2. The Labute approximate surface area is 118 Å². The van der Waals surface area contributed by atoms with Gasteiger partial charge in [-0.15, -0.1) is 0 Å². The summed E-state index contributed by atoms with van der Waals surface area (Å²) in [4.78, 5) is 2.38. The first-order valence-corrected chi connectivity index (χ1v) is 7.81. The maximum absolute atomic E-state index is 9.30. The molecule has 1 aromatic carbocycles. The second kappa shape index (κ2) is 6.80. The van der Waals surface area contributed by atoms with Gasteiger partial charge in [-0.3, -0.25) is 0 Å². The molecule has 0 saturated carbocycles. The lowest BCUT2D eigenvalue weighted by molar-refractivity contribution is 0.556.